The van der Waals surface area contributed by atoms with Crippen LogP contribution in [0.4, 0.5) is 17.6 Å². The van der Waals surface area contributed by atoms with E-state index in [1.165, 1.54) is 36.7 Å². The lowest BCUT2D eigenvalue weighted by Gasteiger charge is -2.28. The predicted molar refractivity (Wildman–Crippen MR) is 94.2 cm³/mol. The van der Waals surface area contributed by atoms with E-state index < -0.39 is 18.2 Å². The third-order valence-corrected chi connectivity index (χ3v) is 4.57. The number of hydrogen-bond donors (Lipinski definition) is 1. The maximum absolute atomic E-state index is 13.3. The van der Waals surface area contributed by atoms with Gasteiger partial charge in [0.25, 0.3) is 0 Å². The fourth-order valence-electron chi connectivity index (χ4n) is 3.03. The van der Waals surface area contributed by atoms with Crippen molar-refractivity contribution in [3.63, 3.8) is 0 Å². The molecule has 1 aliphatic rings. The van der Waals surface area contributed by atoms with Gasteiger partial charge in [-0.25, -0.2) is 4.39 Å². The fraction of sp³-hybridized carbons (Fsp3) is 0.278. The summed E-state index contributed by atoms with van der Waals surface area (Å²) >= 11 is 6.12. The van der Waals surface area contributed by atoms with Crippen molar-refractivity contribution in [1.82, 2.24) is 4.90 Å². The molecule has 0 spiro atoms. The molecule has 144 valence electrons. The molecule has 0 aliphatic carbocycles. The third-order valence-electron chi connectivity index (χ3n) is 4.24. The molecule has 0 bridgehead atoms. The summed E-state index contributed by atoms with van der Waals surface area (Å²) < 4.78 is 55.2. The van der Waals surface area contributed by atoms with E-state index in [1.807, 2.05) is 0 Å². The summed E-state index contributed by atoms with van der Waals surface area (Å²) in [6.07, 6.45) is -3.26. The van der Waals surface area contributed by atoms with Gasteiger partial charge in [-0.15, -0.1) is 13.2 Å². The number of aliphatic imine (C=N–C) groups is 1. The molecule has 0 saturated carbocycles. The fourth-order valence-corrected chi connectivity index (χ4v) is 3.31. The normalized spacial score (nSPS) is 19.6. The standard InChI is InChI=1S/C18H16ClF4N3O/c19-14-7-12(20)5-6-13(14)17-15(8-24)26(10-25-17)9-11-3-1-2-4-16(11)27-18(21,22)23/h1-7,10,15,17H,8-9,24H2. The maximum atomic E-state index is 13.3. The Morgan fingerprint density at radius 3 is 2.59 bits per heavy atom. The zero-order valence-corrected chi connectivity index (χ0v) is 14.7. The Hall–Kier alpha value is -2.32. The van der Waals surface area contributed by atoms with E-state index in [-0.39, 0.29) is 29.9 Å². The van der Waals surface area contributed by atoms with E-state index in [0.29, 0.717) is 11.1 Å². The summed E-state index contributed by atoms with van der Waals surface area (Å²) in [6, 6.07) is 9.09. The molecule has 27 heavy (non-hydrogen) atoms. The van der Waals surface area contributed by atoms with Crippen molar-refractivity contribution in [2.75, 3.05) is 6.54 Å². The number of hydrogen-bond acceptors (Lipinski definition) is 4. The maximum Gasteiger partial charge on any atom is 0.573 e. The first kappa shape index (κ1) is 19.4. The van der Waals surface area contributed by atoms with Crippen molar-refractivity contribution < 1.29 is 22.3 Å². The number of nitrogens with zero attached hydrogens (tertiary/aromatic N) is 2. The van der Waals surface area contributed by atoms with Crippen LogP contribution in [0.15, 0.2) is 47.5 Å². The van der Waals surface area contributed by atoms with Gasteiger partial charge in [-0.2, -0.15) is 0 Å². The molecule has 3 rings (SSSR count). The minimum absolute atomic E-state index is 0.118. The van der Waals surface area contributed by atoms with Crippen LogP contribution in [0.5, 0.6) is 5.75 Å². The SMILES string of the molecule is NCC1C(c2ccc(F)cc2Cl)N=CN1Cc1ccccc1OC(F)(F)F. The number of para-hydroxylation sites is 1. The average molecular weight is 402 g/mol. The van der Waals surface area contributed by atoms with Crippen LogP contribution in [-0.4, -0.2) is 30.2 Å². The molecule has 0 fully saturated rings. The summed E-state index contributed by atoms with van der Waals surface area (Å²) in [6.45, 7) is 0.299. The first-order chi connectivity index (χ1) is 12.8. The Balaban J connectivity index is 1.82. The summed E-state index contributed by atoms with van der Waals surface area (Å²) in [5.74, 6) is -0.748. The van der Waals surface area contributed by atoms with Crippen LogP contribution >= 0.6 is 11.6 Å². The Kier molecular flexibility index (Phi) is 5.57. The van der Waals surface area contributed by atoms with E-state index in [2.05, 4.69) is 9.73 Å². The van der Waals surface area contributed by atoms with Gasteiger partial charge in [0.05, 0.1) is 18.4 Å². The first-order valence-corrected chi connectivity index (χ1v) is 8.44. The lowest BCUT2D eigenvalue weighted by atomic mass is 9.99. The second kappa shape index (κ2) is 7.74. The quantitative estimate of drug-likeness (QED) is 0.760. The molecule has 2 unspecified atom stereocenters. The van der Waals surface area contributed by atoms with Crippen LogP contribution in [0.3, 0.4) is 0 Å². The van der Waals surface area contributed by atoms with Crippen LogP contribution in [0.2, 0.25) is 5.02 Å². The van der Waals surface area contributed by atoms with Crippen molar-refractivity contribution >= 4 is 17.9 Å². The van der Waals surface area contributed by atoms with Gasteiger partial charge >= 0.3 is 6.36 Å². The van der Waals surface area contributed by atoms with E-state index in [4.69, 9.17) is 17.3 Å². The van der Waals surface area contributed by atoms with Crippen LogP contribution in [0.25, 0.3) is 0 Å². The molecule has 0 amide bonds. The molecule has 4 nitrogen and oxygen atoms in total. The number of benzene rings is 2. The Bertz CT molecular complexity index is 844. The van der Waals surface area contributed by atoms with Crippen LogP contribution < -0.4 is 10.5 Å². The minimum atomic E-state index is -4.79. The first-order valence-electron chi connectivity index (χ1n) is 8.06. The number of alkyl halides is 3. The van der Waals surface area contributed by atoms with E-state index in [1.54, 1.807) is 17.0 Å². The van der Waals surface area contributed by atoms with E-state index >= 15 is 0 Å². The lowest BCUT2D eigenvalue weighted by Crippen LogP contribution is -2.39. The number of rotatable bonds is 5. The van der Waals surface area contributed by atoms with Gasteiger partial charge in [0.1, 0.15) is 11.6 Å². The minimum Gasteiger partial charge on any atom is -0.405 e. The zero-order chi connectivity index (χ0) is 19.6. The lowest BCUT2D eigenvalue weighted by molar-refractivity contribution is -0.275. The zero-order valence-electron chi connectivity index (χ0n) is 14.0. The highest BCUT2D eigenvalue weighted by Gasteiger charge is 2.34. The van der Waals surface area contributed by atoms with Gasteiger partial charge in [0.15, 0.2) is 0 Å². The van der Waals surface area contributed by atoms with Crippen LogP contribution in [0, 0.1) is 5.82 Å². The van der Waals surface area contributed by atoms with E-state index in [0.717, 1.165) is 0 Å². The molecule has 2 aromatic carbocycles. The molecule has 9 heteroatoms. The molecular formula is C18H16ClF4N3O. The highest BCUT2D eigenvalue weighted by molar-refractivity contribution is 6.31. The van der Waals surface area contributed by atoms with Crippen LogP contribution in [0.1, 0.15) is 17.2 Å². The topological polar surface area (TPSA) is 50.8 Å². The highest BCUT2D eigenvalue weighted by atomic mass is 35.5. The summed E-state index contributed by atoms with van der Waals surface area (Å²) in [4.78, 5) is 6.11. The number of nitrogens with two attached hydrogens (primary N) is 1. The third kappa shape index (κ3) is 4.51. The smallest absolute Gasteiger partial charge is 0.405 e. The Labute approximate surface area is 158 Å². The van der Waals surface area contributed by atoms with Gasteiger partial charge in [0.2, 0.25) is 0 Å². The summed E-state index contributed by atoms with van der Waals surface area (Å²) in [5, 5.41) is 0.221. The molecule has 2 N–H and O–H groups in total. The largest absolute Gasteiger partial charge is 0.573 e. The van der Waals surface area contributed by atoms with Gasteiger partial charge in [-0.05, 0) is 23.8 Å². The van der Waals surface area contributed by atoms with Crippen molar-refractivity contribution in [3.8, 4) is 5.75 Å². The van der Waals surface area contributed by atoms with Crippen LogP contribution in [-0.2, 0) is 6.54 Å². The van der Waals surface area contributed by atoms with E-state index in [9.17, 15) is 17.6 Å². The second-order valence-corrected chi connectivity index (χ2v) is 6.41. The Morgan fingerprint density at radius 1 is 1.19 bits per heavy atom. The number of ether oxygens (including phenoxy) is 1. The van der Waals surface area contributed by atoms with Gasteiger partial charge in [-0.3, -0.25) is 4.99 Å². The van der Waals surface area contributed by atoms with Crippen molar-refractivity contribution in [3.05, 3.63) is 64.4 Å². The molecule has 1 heterocycles. The molecule has 2 aromatic rings. The molecular weight excluding hydrogens is 386 g/mol. The highest BCUT2D eigenvalue weighted by Crippen LogP contribution is 2.35. The number of halogens is 5. The van der Waals surface area contributed by atoms with Crippen molar-refractivity contribution in [2.45, 2.75) is 25.0 Å². The molecule has 1 aliphatic heterocycles. The predicted octanol–water partition coefficient (Wildman–Crippen LogP) is 4.29. The van der Waals surface area contributed by atoms with Gasteiger partial charge in [-0.1, -0.05) is 35.9 Å². The van der Waals surface area contributed by atoms with Crippen molar-refractivity contribution in [1.29, 1.82) is 0 Å². The molecule has 0 aromatic heterocycles. The molecule has 2 atom stereocenters. The van der Waals surface area contributed by atoms with Crippen molar-refractivity contribution in [2.24, 2.45) is 10.7 Å². The average Bonchev–Trinajstić information content (AvgIpc) is 2.98. The Morgan fingerprint density at radius 2 is 1.93 bits per heavy atom. The second-order valence-electron chi connectivity index (χ2n) is 6.01. The van der Waals surface area contributed by atoms with Gasteiger partial charge < -0.3 is 15.4 Å². The summed E-state index contributed by atoms with van der Waals surface area (Å²) in [7, 11) is 0. The van der Waals surface area contributed by atoms with Gasteiger partial charge in [0, 0.05) is 23.7 Å². The molecule has 0 saturated heterocycles. The summed E-state index contributed by atoms with van der Waals surface area (Å²) in [5.41, 5.74) is 6.82. The molecule has 0 radical (unpaired) electrons. The monoisotopic (exact) mass is 401 g/mol.